The molecule has 5 nitrogen and oxygen atoms in total. The average Bonchev–Trinajstić information content (AvgIpc) is 3.21. The summed E-state index contributed by atoms with van der Waals surface area (Å²) in [5, 5.41) is 1.99. The maximum absolute atomic E-state index is 13.1. The largest absolute Gasteiger partial charge is 0.497 e. The minimum absolute atomic E-state index is 0.187. The van der Waals surface area contributed by atoms with Gasteiger partial charge in [0.25, 0.3) is 5.56 Å². The summed E-state index contributed by atoms with van der Waals surface area (Å²) in [7, 11) is 3.26. The number of nitrogens with zero attached hydrogens (tertiary/aromatic N) is 1. The fourth-order valence-corrected chi connectivity index (χ4v) is 4.28. The van der Waals surface area contributed by atoms with Crippen molar-refractivity contribution in [1.82, 2.24) is 4.57 Å². The van der Waals surface area contributed by atoms with Crippen LogP contribution in [0, 0.1) is 0 Å². The van der Waals surface area contributed by atoms with Crippen LogP contribution in [0.3, 0.4) is 0 Å². The van der Waals surface area contributed by atoms with E-state index in [0.717, 1.165) is 38.4 Å². The molecular formula is C22H20N2O3S. The number of benzene rings is 2. The lowest BCUT2D eigenvalue weighted by Gasteiger charge is -2.14. The fourth-order valence-electron chi connectivity index (χ4n) is 3.30. The summed E-state index contributed by atoms with van der Waals surface area (Å²) in [6.07, 6.45) is 0. The summed E-state index contributed by atoms with van der Waals surface area (Å²) in [4.78, 5) is 13.1. The minimum Gasteiger partial charge on any atom is -0.497 e. The number of fused-ring (bicyclic) bond motifs is 1. The van der Waals surface area contributed by atoms with E-state index in [-0.39, 0.29) is 11.2 Å². The molecule has 0 radical (unpaired) electrons. The maximum Gasteiger partial charge on any atom is 0.275 e. The zero-order chi connectivity index (χ0) is 19.7. The van der Waals surface area contributed by atoms with E-state index in [1.807, 2.05) is 60.0 Å². The molecule has 6 heteroatoms. The van der Waals surface area contributed by atoms with Crippen molar-refractivity contribution in [3.8, 4) is 22.6 Å². The smallest absolute Gasteiger partial charge is 0.275 e. The van der Waals surface area contributed by atoms with Crippen LogP contribution in [0.5, 0.6) is 11.5 Å². The number of rotatable bonds is 5. The van der Waals surface area contributed by atoms with E-state index >= 15 is 0 Å². The SMILES string of the molecule is COc1ccc(Cn2c(=O)c(N)c(-c3ccc(OC)cc3)c3sccc32)cc1. The van der Waals surface area contributed by atoms with Crippen LogP contribution in [0.15, 0.2) is 64.8 Å². The molecule has 0 fully saturated rings. The van der Waals surface area contributed by atoms with Gasteiger partial charge in [0, 0.05) is 5.56 Å². The number of thiophene rings is 1. The van der Waals surface area contributed by atoms with Crippen molar-refractivity contribution in [3.63, 3.8) is 0 Å². The van der Waals surface area contributed by atoms with Gasteiger partial charge in [0.05, 0.1) is 31.0 Å². The van der Waals surface area contributed by atoms with Crippen LogP contribution in [-0.2, 0) is 6.54 Å². The second-order valence-corrected chi connectivity index (χ2v) is 7.31. The second kappa shape index (κ2) is 7.40. The number of aromatic nitrogens is 1. The number of nitrogen functional groups attached to an aromatic ring is 1. The quantitative estimate of drug-likeness (QED) is 0.547. The van der Waals surface area contributed by atoms with Crippen molar-refractivity contribution < 1.29 is 9.47 Å². The number of nitrogens with two attached hydrogens (primary N) is 1. The van der Waals surface area contributed by atoms with Gasteiger partial charge in [-0.3, -0.25) is 4.79 Å². The normalized spacial score (nSPS) is 10.9. The Morgan fingerprint density at radius 1 is 0.929 bits per heavy atom. The number of methoxy groups -OCH3 is 2. The van der Waals surface area contributed by atoms with Gasteiger partial charge in [-0.2, -0.15) is 0 Å². The molecule has 0 amide bonds. The van der Waals surface area contributed by atoms with Crippen molar-refractivity contribution >= 4 is 27.2 Å². The molecule has 0 saturated carbocycles. The molecule has 0 atom stereocenters. The minimum atomic E-state index is -0.187. The lowest BCUT2D eigenvalue weighted by atomic mass is 10.0. The Kier molecular flexibility index (Phi) is 4.79. The van der Waals surface area contributed by atoms with Crippen LogP contribution in [-0.4, -0.2) is 18.8 Å². The first-order valence-corrected chi connectivity index (χ1v) is 9.67. The lowest BCUT2D eigenvalue weighted by molar-refractivity contribution is 0.414. The summed E-state index contributed by atoms with van der Waals surface area (Å²) in [6, 6.07) is 17.3. The summed E-state index contributed by atoms with van der Waals surface area (Å²) in [5.41, 5.74) is 9.97. The van der Waals surface area contributed by atoms with Crippen molar-refractivity contribution in [2.75, 3.05) is 20.0 Å². The number of anilines is 1. The molecule has 2 aromatic carbocycles. The van der Waals surface area contributed by atoms with Crippen molar-refractivity contribution in [3.05, 3.63) is 75.9 Å². The number of ether oxygens (including phenoxy) is 2. The summed E-state index contributed by atoms with van der Waals surface area (Å²) in [5.74, 6) is 1.55. The van der Waals surface area contributed by atoms with Gasteiger partial charge in [-0.05, 0) is 46.8 Å². The Morgan fingerprint density at radius 2 is 1.54 bits per heavy atom. The zero-order valence-corrected chi connectivity index (χ0v) is 16.5. The molecule has 0 saturated heterocycles. The van der Waals surface area contributed by atoms with Gasteiger partial charge in [-0.1, -0.05) is 24.3 Å². The van der Waals surface area contributed by atoms with Crippen molar-refractivity contribution in [2.24, 2.45) is 0 Å². The first-order valence-electron chi connectivity index (χ1n) is 8.79. The van der Waals surface area contributed by atoms with Crippen molar-refractivity contribution in [1.29, 1.82) is 0 Å². The predicted octanol–water partition coefficient (Wildman–Crippen LogP) is 4.38. The van der Waals surface area contributed by atoms with Gasteiger partial charge >= 0.3 is 0 Å². The number of hydrogen-bond donors (Lipinski definition) is 1. The van der Waals surface area contributed by atoms with Gasteiger partial charge in [-0.15, -0.1) is 11.3 Å². The molecule has 0 bridgehead atoms. The van der Waals surface area contributed by atoms with Crippen LogP contribution in [0.25, 0.3) is 21.3 Å². The Labute approximate surface area is 166 Å². The Morgan fingerprint density at radius 3 is 2.14 bits per heavy atom. The molecule has 0 aliphatic carbocycles. The van der Waals surface area contributed by atoms with Crippen LogP contribution in [0.1, 0.15) is 5.56 Å². The number of pyridine rings is 1. The first kappa shape index (κ1) is 18.1. The van der Waals surface area contributed by atoms with E-state index in [4.69, 9.17) is 15.2 Å². The van der Waals surface area contributed by atoms with Gasteiger partial charge in [0.15, 0.2) is 0 Å². The van der Waals surface area contributed by atoms with E-state index in [9.17, 15) is 4.79 Å². The van der Waals surface area contributed by atoms with E-state index < -0.39 is 0 Å². The Bertz CT molecular complexity index is 1180. The van der Waals surface area contributed by atoms with Crippen molar-refractivity contribution in [2.45, 2.75) is 6.54 Å². The van der Waals surface area contributed by atoms with E-state index in [1.54, 1.807) is 30.1 Å². The maximum atomic E-state index is 13.1. The van der Waals surface area contributed by atoms with Crippen LogP contribution in [0.4, 0.5) is 5.69 Å². The van der Waals surface area contributed by atoms with Crippen LogP contribution < -0.4 is 20.8 Å². The topological polar surface area (TPSA) is 66.5 Å². The van der Waals surface area contributed by atoms with Crippen LogP contribution >= 0.6 is 11.3 Å². The van der Waals surface area contributed by atoms with E-state index in [1.165, 1.54) is 0 Å². The summed E-state index contributed by atoms with van der Waals surface area (Å²) in [6.45, 7) is 0.448. The zero-order valence-electron chi connectivity index (χ0n) is 15.6. The molecule has 142 valence electrons. The highest BCUT2D eigenvalue weighted by molar-refractivity contribution is 7.17. The lowest BCUT2D eigenvalue weighted by Crippen LogP contribution is -2.24. The third-order valence-corrected chi connectivity index (χ3v) is 5.71. The fraction of sp³-hybridized carbons (Fsp3) is 0.136. The summed E-state index contributed by atoms with van der Waals surface area (Å²) >= 11 is 1.58. The Hall–Kier alpha value is -3.25. The highest BCUT2D eigenvalue weighted by Gasteiger charge is 2.17. The molecule has 28 heavy (non-hydrogen) atoms. The molecule has 4 rings (SSSR count). The van der Waals surface area contributed by atoms with E-state index in [2.05, 4.69) is 0 Å². The highest BCUT2D eigenvalue weighted by atomic mass is 32.1. The molecule has 0 aliphatic heterocycles. The second-order valence-electron chi connectivity index (χ2n) is 6.39. The third-order valence-electron chi connectivity index (χ3n) is 4.79. The Balaban J connectivity index is 1.84. The monoisotopic (exact) mass is 392 g/mol. The van der Waals surface area contributed by atoms with Gasteiger partial charge < -0.3 is 19.8 Å². The molecule has 0 aliphatic rings. The predicted molar refractivity (Wildman–Crippen MR) is 115 cm³/mol. The highest BCUT2D eigenvalue weighted by Crippen LogP contribution is 2.36. The van der Waals surface area contributed by atoms with Gasteiger partial charge in [0.1, 0.15) is 17.2 Å². The van der Waals surface area contributed by atoms with Crippen LogP contribution in [0.2, 0.25) is 0 Å². The third kappa shape index (κ3) is 3.12. The van der Waals surface area contributed by atoms with Gasteiger partial charge in [-0.25, -0.2) is 0 Å². The molecule has 2 aromatic heterocycles. The molecule has 2 heterocycles. The van der Waals surface area contributed by atoms with E-state index in [0.29, 0.717) is 6.54 Å². The first-order chi connectivity index (χ1) is 13.6. The number of hydrogen-bond acceptors (Lipinski definition) is 5. The molecular weight excluding hydrogens is 372 g/mol. The molecule has 0 unspecified atom stereocenters. The molecule has 4 aromatic rings. The van der Waals surface area contributed by atoms with Gasteiger partial charge in [0.2, 0.25) is 0 Å². The standard InChI is InChI=1S/C22H20N2O3S/c1-26-16-7-3-14(4-8-16)13-24-18-11-12-28-21(18)19(20(23)22(24)25)15-5-9-17(27-2)10-6-15/h3-12H,13,23H2,1-2H3. The molecule has 2 N–H and O–H groups in total. The molecule has 0 spiro atoms. The summed E-state index contributed by atoms with van der Waals surface area (Å²) < 4.78 is 13.2. The average molecular weight is 392 g/mol.